The lowest BCUT2D eigenvalue weighted by Crippen LogP contribution is -2.23. The van der Waals surface area contributed by atoms with Crippen LogP contribution in [0.3, 0.4) is 0 Å². The third kappa shape index (κ3) is 6.51. The molecule has 2 aromatic carbocycles. The molecule has 0 spiro atoms. The van der Waals surface area contributed by atoms with Gasteiger partial charge in [-0.3, -0.25) is 0 Å². The van der Waals surface area contributed by atoms with E-state index in [1.165, 1.54) is 6.07 Å². The molecule has 0 aliphatic heterocycles. The molecule has 0 aromatic heterocycles. The first-order valence-corrected chi connectivity index (χ1v) is 13.9. The van der Waals surface area contributed by atoms with E-state index in [1.807, 2.05) is 6.08 Å². The van der Waals surface area contributed by atoms with E-state index in [0.717, 1.165) is 38.5 Å². The molecule has 2 fully saturated rings. The molecule has 0 radical (unpaired) electrons. The predicted octanol–water partition coefficient (Wildman–Crippen LogP) is 8.84. The lowest BCUT2D eigenvalue weighted by molar-refractivity contribution is 0.0963. The maximum atomic E-state index is 15.0. The minimum atomic E-state index is -0.953. The largest absolute Gasteiger partial charge is 0.490 e. The summed E-state index contributed by atoms with van der Waals surface area (Å²) in [5, 5.41) is 9.79. The molecule has 2 aliphatic carbocycles. The zero-order valence-electron chi connectivity index (χ0n) is 22.1. The van der Waals surface area contributed by atoms with Crippen molar-refractivity contribution in [2.75, 3.05) is 6.61 Å². The topological polar surface area (TPSA) is 29.5 Å². The second-order valence-electron chi connectivity index (χ2n) is 10.9. The van der Waals surface area contributed by atoms with Gasteiger partial charge in [-0.25, -0.2) is 13.2 Å². The molecule has 206 valence electrons. The molecule has 1 unspecified atom stereocenters. The van der Waals surface area contributed by atoms with Gasteiger partial charge >= 0.3 is 0 Å². The van der Waals surface area contributed by atoms with Crippen LogP contribution in [0.1, 0.15) is 93.2 Å². The van der Waals surface area contributed by atoms with Crippen LogP contribution in [0.15, 0.2) is 43.0 Å². The summed E-state index contributed by atoms with van der Waals surface area (Å²) in [5.41, 5.74) is 1.02. The standard InChI is InChI=1S/C32H38F4O2/c1-3-4-19-38-28-18-17-27(31(35)32(28)36)23-8-5-21(6-9-23)7-10-25-15-16-26(30(34)29(25)33)24-13-11-22(12-14-24)20(2)37/h3,7,10,15-18,20-24,37H,1,4-6,8-9,11-14,19H2,2H3/b10-7+. The quantitative estimate of drug-likeness (QED) is 0.199. The second-order valence-corrected chi connectivity index (χ2v) is 10.9. The van der Waals surface area contributed by atoms with Gasteiger partial charge in [0.2, 0.25) is 5.82 Å². The first kappa shape index (κ1) is 28.4. The molecule has 0 amide bonds. The zero-order chi connectivity index (χ0) is 27.2. The summed E-state index contributed by atoms with van der Waals surface area (Å²) in [5.74, 6) is -3.20. The number of aliphatic hydroxyl groups excluding tert-OH is 1. The van der Waals surface area contributed by atoms with E-state index in [-0.39, 0.29) is 47.7 Å². The minimum Gasteiger partial charge on any atom is -0.490 e. The highest BCUT2D eigenvalue weighted by Gasteiger charge is 2.29. The Morgan fingerprint density at radius 3 is 2.03 bits per heavy atom. The Balaban J connectivity index is 1.34. The van der Waals surface area contributed by atoms with E-state index in [2.05, 4.69) is 6.58 Å². The van der Waals surface area contributed by atoms with Gasteiger partial charge in [0.25, 0.3) is 0 Å². The maximum absolute atomic E-state index is 15.0. The van der Waals surface area contributed by atoms with Crippen molar-refractivity contribution in [3.63, 3.8) is 0 Å². The van der Waals surface area contributed by atoms with Gasteiger partial charge < -0.3 is 9.84 Å². The SMILES string of the molecule is C=CCCOc1ccc(C2CCC(/C=C/c3ccc(C4CCC(C(C)O)CC4)c(F)c3F)CC2)c(F)c1F. The maximum Gasteiger partial charge on any atom is 0.200 e. The molecule has 38 heavy (non-hydrogen) atoms. The van der Waals surface area contributed by atoms with Crippen molar-refractivity contribution in [1.29, 1.82) is 0 Å². The second kappa shape index (κ2) is 13.0. The van der Waals surface area contributed by atoms with Crippen LogP contribution in [0.25, 0.3) is 6.08 Å². The molecule has 0 bridgehead atoms. The van der Waals surface area contributed by atoms with Crippen molar-refractivity contribution in [3.05, 3.63) is 83.0 Å². The van der Waals surface area contributed by atoms with Gasteiger partial charge in [0.15, 0.2) is 23.2 Å². The summed E-state index contributed by atoms with van der Waals surface area (Å²) in [6, 6.07) is 6.44. The third-order valence-electron chi connectivity index (χ3n) is 8.45. The summed E-state index contributed by atoms with van der Waals surface area (Å²) in [4.78, 5) is 0. The molecule has 2 aromatic rings. The van der Waals surface area contributed by atoms with Crippen LogP contribution in [0, 0.1) is 35.1 Å². The summed E-state index contributed by atoms with van der Waals surface area (Å²) in [6.45, 7) is 5.62. The molecule has 0 heterocycles. The fraction of sp³-hybridized carbons (Fsp3) is 0.500. The Hall–Kier alpha value is -2.60. The van der Waals surface area contributed by atoms with Gasteiger partial charge in [0.1, 0.15) is 0 Å². The molecule has 2 saturated carbocycles. The molecule has 0 saturated heterocycles. The van der Waals surface area contributed by atoms with Crippen molar-refractivity contribution in [2.45, 2.75) is 82.7 Å². The first-order chi connectivity index (χ1) is 18.3. The number of ether oxygens (including phenoxy) is 1. The van der Waals surface area contributed by atoms with E-state index in [4.69, 9.17) is 4.74 Å². The van der Waals surface area contributed by atoms with E-state index in [9.17, 15) is 22.7 Å². The van der Waals surface area contributed by atoms with Crippen molar-refractivity contribution in [2.24, 2.45) is 11.8 Å². The number of aliphatic hydroxyl groups is 1. The predicted molar refractivity (Wildman–Crippen MR) is 143 cm³/mol. The molecule has 2 nitrogen and oxygen atoms in total. The van der Waals surface area contributed by atoms with Crippen molar-refractivity contribution in [3.8, 4) is 5.75 Å². The molecule has 1 atom stereocenters. The van der Waals surface area contributed by atoms with Gasteiger partial charge in [-0.05, 0) is 106 Å². The first-order valence-electron chi connectivity index (χ1n) is 13.9. The normalized spacial score (nSPS) is 24.9. The highest BCUT2D eigenvalue weighted by Crippen LogP contribution is 2.41. The Kier molecular flexibility index (Phi) is 9.69. The third-order valence-corrected chi connectivity index (χ3v) is 8.45. The Bertz CT molecular complexity index is 1130. The Labute approximate surface area is 223 Å². The average molecular weight is 531 g/mol. The number of hydrogen-bond donors (Lipinski definition) is 1. The minimum absolute atomic E-state index is 0.0224. The van der Waals surface area contributed by atoms with Gasteiger partial charge in [-0.2, -0.15) is 4.39 Å². The van der Waals surface area contributed by atoms with E-state index in [0.29, 0.717) is 30.4 Å². The van der Waals surface area contributed by atoms with Crippen LogP contribution in [-0.2, 0) is 0 Å². The molecular formula is C32H38F4O2. The highest BCUT2D eigenvalue weighted by molar-refractivity contribution is 5.52. The molecule has 1 N–H and O–H groups in total. The summed E-state index contributed by atoms with van der Waals surface area (Å²) in [7, 11) is 0. The van der Waals surface area contributed by atoms with Crippen LogP contribution in [0.4, 0.5) is 17.6 Å². The van der Waals surface area contributed by atoms with Gasteiger partial charge in [0, 0.05) is 5.56 Å². The lowest BCUT2D eigenvalue weighted by atomic mass is 9.76. The molecule has 2 aliphatic rings. The van der Waals surface area contributed by atoms with Crippen LogP contribution >= 0.6 is 0 Å². The lowest BCUT2D eigenvalue weighted by Gasteiger charge is -2.30. The molecule has 4 rings (SSSR count). The van der Waals surface area contributed by atoms with Crippen molar-refractivity contribution < 1.29 is 27.4 Å². The Morgan fingerprint density at radius 1 is 0.842 bits per heavy atom. The number of allylic oxidation sites excluding steroid dienone is 1. The number of benzene rings is 2. The van der Waals surface area contributed by atoms with Crippen molar-refractivity contribution in [1.82, 2.24) is 0 Å². The monoisotopic (exact) mass is 530 g/mol. The number of hydrogen-bond acceptors (Lipinski definition) is 2. The fourth-order valence-corrected chi connectivity index (χ4v) is 6.02. The summed E-state index contributed by atoms with van der Waals surface area (Å²) < 4.78 is 64.4. The number of halogens is 4. The van der Waals surface area contributed by atoms with E-state index < -0.39 is 23.3 Å². The number of rotatable bonds is 9. The van der Waals surface area contributed by atoms with Crippen LogP contribution < -0.4 is 4.74 Å². The zero-order valence-corrected chi connectivity index (χ0v) is 22.1. The molecule has 6 heteroatoms. The van der Waals surface area contributed by atoms with Crippen LogP contribution in [-0.4, -0.2) is 17.8 Å². The fourth-order valence-electron chi connectivity index (χ4n) is 6.02. The average Bonchev–Trinajstić information content (AvgIpc) is 2.92. The van der Waals surface area contributed by atoms with Crippen LogP contribution in [0.2, 0.25) is 0 Å². The summed E-state index contributed by atoms with van der Waals surface area (Å²) in [6.07, 6.45) is 11.4. The van der Waals surface area contributed by atoms with E-state index in [1.54, 1.807) is 37.3 Å². The van der Waals surface area contributed by atoms with Crippen LogP contribution in [0.5, 0.6) is 5.75 Å². The van der Waals surface area contributed by atoms with E-state index >= 15 is 0 Å². The van der Waals surface area contributed by atoms with Crippen molar-refractivity contribution >= 4 is 6.08 Å². The highest BCUT2D eigenvalue weighted by atomic mass is 19.2. The van der Waals surface area contributed by atoms with Gasteiger partial charge in [0.05, 0.1) is 12.7 Å². The smallest absolute Gasteiger partial charge is 0.200 e. The summed E-state index contributed by atoms with van der Waals surface area (Å²) >= 11 is 0. The van der Waals surface area contributed by atoms with Gasteiger partial charge in [-0.15, -0.1) is 6.58 Å². The van der Waals surface area contributed by atoms with Gasteiger partial charge in [-0.1, -0.05) is 36.4 Å². The Morgan fingerprint density at radius 2 is 1.42 bits per heavy atom. The molecular weight excluding hydrogens is 492 g/mol.